The van der Waals surface area contributed by atoms with E-state index in [1.54, 1.807) is 0 Å². The van der Waals surface area contributed by atoms with Crippen molar-refractivity contribution in [3.8, 4) is 6.07 Å². The molecule has 0 unspecified atom stereocenters. The number of halogens is 3. The van der Waals surface area contributed by atoms with Crippen LogP contribution in [0.15, 0.2) is 18.3 Å². The van der Waals surface area contributed by atoms with Gasteiger partial charge in [0.2, 0.25) is 5.95 Å². The van der Waals surface area contributed by atoms with Crippen molar-refractivity contribution in [2.24, 2.45) is 5.41 Å². The Morgan fingerprint density at radius 3 is 2.63 bits per heavy atom. The lowest BCUT2D eigenvalue weighted by Gasteiger charge is -2.44. The summed E-state index contributed by atoms with van der Waals surface area (Å²) in [6, 6.07) is 5.12. The lowest BCUT2D eigenvalue weighted by Crippen LogP contribution is -2.54. The fourth-order valence-corrected chi connectivity index (χ4v) is 5.23. The summed E-state index contributed by atoms with van der Waals surface area (Å²) >= 11 is 6.81. The van der Waals surface area contributed by atoms with Crippen LogP contribution in [0, 0.1) is 16.7 Å². The van der Waals surface area contributed by atoms with Gasteiger partial charge in [0.05, 0.1) is 35.8 Å². The molecule has 3 aliphatic rings. The van der Waals surface area contributed by atoms with Gasteiger partial charge in [-0.3, -0.25) is 4.90 Å². The van der Waals surface area contributed by atoms with Gasteiger partial charge in [0.1, 0.15) is 6.07 Å². The molecule has 6 rings (SSSR count). The molecule has 0 amide bonds. The van der Waals surface area contributed by atoms with E-state index < -0.39 is 6.43 Å². The van der Waals surface area contributed by atoms with Crippen molar-refractivity contribution in [1.82, 2.24) is 24.5 Å². The lowest BCUT2D eigenvalue weighted by molar-refractivity contribution is -0.115. The first-order valence-corrected chi connectivity index (χ1v) is 13.1. The van der Waals surface area contributed by atoms with Crippen LogP contribution >= 0.6 is 11.6 Å². The zero-order chi connectivity index (χ0) is 26.4. The highest BCUT2D eigenvalue weighted by atomic mass is 35.5. The van der Waals surface area contributed by atoms with Crippen LogP contribution in [0.25, 0.3) is 5.65 Å². The number of fused-ring (bicyclic) bond motifs is 1. The lowest BCUT2D eigenvalue weighted by atomic mass is 9.88. The molecule has 0 bridgehead atoms. The van der Waals surface area contributed by atoms with Crippen LogP contribution in [-0.4, -0.2) is 76.5 Å². The number of nitrogens with one attached hydrogen (secondary N) is 2. The highest BCUT2D eigenvalue weighted by Gasteiger charge is 2.36. The molecule has 4 heterocycles. The van der Waals surface area contributed by atoms with Crippen molar-refractivity contribution in [2.45, 2.75) is 32.2 Å². The predicted molar refractivity (Wildman–Crippen MR) is 139 cm³/mol. The van der Waals surface area contributed by atoms with Crippen LogP contribution in [0.5, 0.6) is 0 Å². The van der Waals surface area contributed by atoms with Gasteiger partial charge in [-0.2, -0.15) is 14.8 Å². The summed E-state index contributed by atoms with van der Waals surface area (Å²) in [4.78, 5) is 13.2. The van der Waals surface area contributed by atoms with E-state index in [1.807, 2.05) is 4.90 Å². The predicted octanol–water partition coefficient (Wildman–Crippen LogP) is 4.06. The van der Waals surface area contributed by atoms with E-state index in [-0.39, 0.29) is 34.3 Å². The van der Waals surface area contributed by atoms with Crippen LogP contribution < -0.4 is 15.5 Å². The minimum Gasteiger partial charge on any atom is -0.380 e. The van der Waals surface area contributed by atoms with Crippen molar-refractivity contribution < 1.29 is 13.5 Å². The maximum atomic E-state index is 13.9. The SMILES string of the molecule is CC1(CN2CCN(c3cc(C(F)F)cc(Nc4nc(NC5CC5)c5ncc(C#N)n5n4)c3Cl)CC2)COC1. The van der Waals surface area contributed by atoms with E-state index in [1.165, 1.54) is 22.8 Å². The average Bonchev–Trinajstić information content (AvgIpc) is 3.60. The maximum absolute atomic E-state index is 13.9. The molecule has 0 radical (unpaired) electrons. The molecule has 1 saturated carbocycles. The minimum atomic E-state index is -2.68. The second-order valence-corrected chi connectivity index (χ2v) is 11.0. The van der Waals surface area contributed by atoms with Gasteiger partial charge in [0, 0.05) is 49.7 Å². The fourth-order valence-electron chi connectivity index (χ4n) is 4.96. The van der Waals surface area contributed by atoms with Crippen molar-refractivity contribution >= 4 is 40.4 Å². The van der Waals surface area contributed by atoms with Crippen molar-refractivity contribution in [3.05, 3.63) is 34.6 Å². The molecule has 3 aromatic rings. The summed E-state index contributed by atoms with van der Waals surface area (Å²) in [6.07, 6.45) is 0.764. The number of imidazole rings is 1. The molecule has 2 aromatic heterocycles. The molecule has 200 valence electrons. The van der Waals surface area contributed by atoms with Gasteiger partial charge >= 0.3 is 0 Å². The molecule has 38 heavy (non-hydrogen) atoms. The highest BCUT2D eigenvalue weighted by molar-refractivity contribution is 6.36. The first kappa shape index (κ1) is 25.0. The summed E-state index contributed by atoms with van der Waals surface area (Å²) in [5, 5.41) is 20.5. The van der Waals surface area contributed by atoms with Crippen molar-refractivity contribution in [3.63, 3.8) is 0 Å². The number of rotatable bonds is 8. The molecular weight excluding hydrogens is 516 g/mol. The second-order valence-electron chi connectivity index (χ2n) is 10.6. The Balaban J connectivity index is 1.28. The summed E-state index contributed by atoms with van der Waals surface area (Å²) < 4.78 is 34.6. The van der Waals surface area contributed by atoms with Gasteiger partial charge in [0.25, 0.3) is 6.43 Å². The number of nitrogens with zero attached hydrogens (tertiary/aromatic N) is 7. The molecule has 2 N–H and O–H groups in total. The van der Waals surface area contributed by atoms with Gasteiger partial charge in [-0.25, -0.2) is 13.8 Å². The second kappa shape index (κ2) is 9.80. The third kappa shape index (κ3) is 4.93. The monoisotopic (exact) mass is 543 g/mol. The fraction of sp³-hybridized carbons (Fsp3) is 0.520. The van der Waals surface area contributed by atoms with Gasteiger partial charge < -0.3 is 20.3 Å². The molecule has 10 nitrogen and oxygen atoms in total. The maximum Gasteiger partial charge on any atom is 0.264 e. The Bertz CT molecular complexity index is 1390. The third-order valence-corrected chi connectivity index (χ3v) is 7.59. The van der Waals surface area contributed by atoms with Crippen molar-refractivity contribution in [2.75, 3.05) is 61.5 Å². The number of hydrogen-bond acceptors (Lipinski definition) is 9. The molecule has 1 aromatic carbocycles. The first-order valence-electron chi connectivity index (χ1n) is 12.7. The Labute approximate surface area is 223 Å². The molecule has 0 spiro atoms. The van der Waals surface area contributed by atoms with Gasteiger partial charge in [-0.05, 0) is 25.0 Å². The summed E-state index contributed by atoms with van der Waals surface area (Å²) in [7, 11) is 0. The topological polar surface area (TPSA) is 107 Å². The Morgan fingerprint density at radius 2 is 2.00 bits per heavy atom. The molecule has 13 heteroatoms. The Morgan fingerprint density at radius 1 is 1.24 bits per heavy atom. The van der Waals surface area contributed by atoms with Crippen LogP contribution in [0.1, 0.15) is 37.4 Å². The van der Waals surface area contributed by atoms with E-state index in [2.05, 4.69) is 43.6 Å². The normalized spacial score (nSPS) is 19.4. The molecule has 2 aliphatic heterocycles. The zero-order valence-electron chi connectivity index (χ0n) is 20.9. The van der Waals surface area contributed by atoms with Crippen LogP contribution in [0.4, 0.5) is 31.9 Å². The van der Waals surface area contributed by atoms with E-state index in [4.69, 9.17) is 16.3 Å². The van der Waals surface area contributed by atoms with Crippen LogP contribution in [-0.2, 0) is 4.74 Å². The van der Waals surface area contributed by atoms with Crippen molar-refractivity contribution in [1.29, 1.82) is 5.26 Å². The summed E-state index contributed by atoms with van der Waals surface area (Å²) in [5.41, 5.74) is 1.51. The minimum absolute atomic E-state index is 0.121. The Kier molecular flexibility index (Phi) is 6.45. The number of hydrogen-bond donors (Lipinski definition) is 2. The standard InChI is InChI=1S/C25H28ClF2N9O/c1-25(13-38-14-25)12-35-4-6-36(7-5-35)19-9-15(21(27)28)8-18(20(19)26)32-24-33-22(31-16-2-3-16)23-30-11-17(10-29)37(23)34-24/h8-9,11,16,21H,2-7,12-14H2,1H3,(H2,31,32,33,34). The van der Waals surface area contributed by atoms with E-state index in [9.17, 15) is 14.0 Å². The largest absolute Gasteiger partial charge is 0.380 e. The quantitative estimate of drug-likeness (QED) is 0.435. The number of benzene rings is 1. The number of anilines is 4. The first-order chi connectivity index (χ1) is 18.3. The van der Waals surface area contributed by atoms with Crippen LogP contribution in [0.2, 0.25) is 5.02 Å². The van der Waals surface area contributed by atoms with Gasteiger partial charge in [0.15, 0.2) is 17.2 Å². The van der Waals surface area contributed by atoms with Crippen LogP contribution in [0.3, 0.4) is 0 Å². The number of nitriles is 1. The molecule has 1 aliphatic carbocycles. The average molecular weight is 544 g/mol. The molecule has 3 fully saturated rings. The number of piperazine rings is 1. The molecule has 0 atom stereocenters. The van der Waals surface area contributed by atoms with E-state index in [0.29, 0.717) is 35.3 Å². The number of ether oxygens (including phenoxy) is 1. The van der Waals surface area contributed by atoms with E-state index >= 15 is 0 Å². The smallest absolute Gasteiger partial charge is 0.264 e. The highest BCUT2D eigenvalue weighted by Crippen LogP contribution is 2.39. The van der Waals surface area contributed by atoms with Gasteiger partial charge in [-0.1, -0.05) is 18.5 Å². The van der Waals surface area contributed by atoms with E-state index in [0.717, 1.165) is 45.7 Å². The summed E-state index contributed by atoms with van der Waals surface area (Å²) in [5.74, 6) is 0.588. The third-order valence-electron chi connectivity index (χ3n) is 7.19. The Hall–Kier alpha value is -3.27. The molecule has 2 saturated heterocycles. The zero-order valence-corrected chi connectivity index (χ0v) is 21.7. The number of alkyl halides is 2. The summed E-state index contributed by atoms with van der Waals surface area (Å²) in [6.45, 7) is 7.66. The molecular formula is C25H28ClF2N9O. The number of aromatic nitrogens is 4. The van der Waals surface area contributed by atoms with Gasteiger partial charge in [-0.15, -0.1) is 5.10 Å².